The van der Waals surface area contributed by atoms with E-state index in [1.54, 1.807) is 0 Å². The minimum atomic E-state index is -0.0583. The van der Waals surface area contributed by atoms with Gasteiger partial charge in [-0.1, -0.05) is 117 Å². The summed E-state index contributed by atoms with van der Waals surface area (Å²) in [4.78, 5) is 2.55. The zero-order valence-corrected chi connectivity index (χ0v) is 26.6. The highest BCUT2D eigenvalue weighted by molar-refractivity contribution is 6.12. The highest BCUT2D eigenvalue weighted by Gasteiger charge is 2.41. The fraction of sp³-hybridized carbons (Fsp3) is 0.111. The van der Waals surface area contributed by atoms with Gasteiger partial charge in [-0.2, -0.15) is 0 Å². The zero-order chi connectivity index (χ0) is 31.3. The number of hydrogen-bond donors (Lipinski definition) is 0. The molecule has 0 radical (unpaired) electrons. The first-order valence-corrected chi connectivity index (χ1v) is 16.7. The Kier molecular flexibility index (Phi) is 5.49. The summed E-state index contributed by atoms with van der Waals surface area (Å²) in [6.45, 7) is 4.74. The largest absolute Gasteiger partial charge is 0.332 e. The molecule has 1 aliphatic heterocycles. The van der Waals surface area contributed by atoms with Gasteiger partial charge in [0, 0.05) is 44.7 Å². The number of anilines is 2. The molecule has 0 spiro atoms. The Morgan fingerprint density at radius 3 is 2.04 bits per heavy atom. The number of allylic oxidation sites excluding steroid dienone is 2. The van der Waals surface area contributed by atoms with Crippen LogP contribution in [0.25, 0.3) is 44.2 Å². The average Bonchev–Trinajstić information content (AvgIpc) is 3.71. The number of hydrogen-bond acceptors (Lipinski definition) is 1. The predicted molar refractivity (Wildman–Crippen MR) is 197 cm³/mol. The van der Waals surface area contributed by atoms with Crippen molar-refractivity contribution in [1.82, 2.24) is 4.57 Å². The quantitative estimate of drug-likeness (QED) is 0.195. The van der Waals surface area contributed by atoms with Crippen LogP contribution in [0.3, 0.4) is 0 Å². The zero-order valence-electron chi connectivity index (χ0n) is 26.6. The van der Waals surface area contributed by atoms with E-state index >= 15 is 0 Å². The second kappa shape index (κ2) is 9.70. The third-order valence-corrected chi connectivity index (χ3v) is 10.9. The summed E-state index contributed by atoms with van der Waals surface area (Å²) in [5.74, 6) is 0.191. The molecule has 2 heterocycles. The summed E-state index contributed by atoms with van der Waals surface area (Å²) in [6, 6.07) is 51.9. The van der Waals surface area contributed by atoms with Crippen LogP contribution in [0.15, 0.2) is 158 Å². The van der Waals surface area contributed by atoms with Gasteiger partial charge in [0.05, 0.1) is 17.1 Å². The highest BCUT2D eigenvalue weighted by atomic mass is 15.2. The SMILES string of the molecule is CC1(C)c2ccccc2-c2cc3c4cc(C5C=CC=C6c7ccccc7N(c7ccccc7)C65)ccc4n(-c4ccccc4)c3cc21. The topological polar surface area (TPSA) is 8.17 Å². The second-order valence-corrected chi connectivity index (χ2v) is 13.7. The number of nitrogens with zero attached hydrogens (tertiary/aromatic N) is 2. The molecule has 1 aromatic heterocycles. The first-order valence-electron chi connectivity index (χ1n) is 16.7. The van der Waals surface area contributed by atoms with Crippen LogP contribution in [0.5, 0.6) is 0 Å². The molecule has 7 aromatic rings. The molecular weight excluding hydrogens is 569 g/mol. The van der Waals surface area contributed by atoms with E-state index < -0.39 is 0 Å². The van der Waals surface area contributed by atoms with E-state index in [0.29, 0.717) is 0 Å². The monoisotopic (exact) mass is 602 g/mol. The Morgan fingerprint density at radius 2 is 1.23 bits per heavy atom. The fourth-order valence-corrected chi connectivity index (χ4v) is 8.78. The van der Waals surface area contributed by atoms with Crippen molar-refractivity contribution in [3.05, 3.63) is 180 Å². The lowest BCUT2D eigenvalue weighted by molar-refractivity contribution is 0.661. The minimum absolute atomic E-state index is 0.0583. The van der Waals surface area contributed by atoms with Gasteiger partial charge in [-0.3, -0.25) is 0 Å². The Morgan fingerprint density at radius 1 is 0.553 bits per heavy atom. The van der Waals surface area contributed by atoms with Gasteiger partial charge in [0.1, 0.15) is 0 Å². The Bertz CT molecular complexity index is 2440. The van der Waals surface area contributed by atoms with E-state index in [-0.39, 0.29) is 17.4 Å². The van der Waals surface area contributed by atoms with Gasteiger partial charge >= 0.3 is 0 Å². The lowest BCUT2D eigenvalue weighted by Crippen LogP contribution is -2.33. The lowest BCUT2D eigenvalue weighted by atomic mass is 9.81. The molecule has 224 valence electrons. The molecular formula is C45H34N2. The van der Waals surface area contributed by atoms with Crippen LogP contribution in [0.4, 0.5) is 11.4 Å². The molecule has 0 bridgehead atoms. The molecule has 0 fully saturated rings. The molecule has 2 aliphatic carbocycles. The number of fused-ring (bicyclic) bond motifs is 9. The van der Waals surface area contributed by atoms with Crippen LogP contribution in [0.1, 0.15) is 42.0 Å². The summed E-state index contributed by atoms with van der Waals surface area (Å²) in [5, 5.41) is 2.61. The molecule has 0 amide bonds. The third-order valence-electron chi connectivity index (χ3n) is 10.9. The summed E-state index contributed by atoms with van der Waals surface area (Å²) >= 11 is 0. The van der Waals surface area contributed by atoms with Crippen molar-refractivity contribution in [3.8, 4) is 16.8 Å². The van der Waals surface area contributed by atoms with E-state index in [0.717, 1.165) is 0 Å². The Labute approximate surface area is 275 Å². The van der Waals surface area contributed by atoms with Crippen molar-refractivity contribution in [3.63, 3.8) is 0 Å². The van der Waals surface area contributed by atoms with Crippen molar-refractivity contribution in [2.24, 2.45) is 0 Å². The third kappa shape index (κ3) is 3.67. The van der Waals surface area contributed by atoms with Gasteiger partial charge in [-0.25, -0.2) is 0 Å². The fourth-order valence-electron chi connectivity index (χ4n) is 8.78. The molecule has 47 heavy (non-hydrogen) atoms. The molecule has 2 nitrogen and oxygen atoms in total. The summed E-state index contributed by atoms with van der Waals surface area (Å²) in [6.07, 6.45) is 7.00. The molecule has 2 unspecified atom stereocenters. The average molecular weight is 603 g/mol. The van der Waals surface area contributed by atoms with E-state index in [2.05, 4.69) is 181 Å². The van der Waals surface area contributed by atoms with Crippen LogP contribution < -0.4 is 4.90 Å². The summed E-state index contributed by atoms with van der Waals surface area (Å²) < 4.78 is 2.47. The molecule has 2 heteroatoms. The van der Waals surface area contributed by atoms with Crippen molar-refractivity contribution in [1.29, 1.82) is 0 Å². The van der Waals surface area contributed by atoms with Crippen molar-refractivity contribution in [2.75, 3.05) is 4.90 Å². The number of rotatable bonds is 3. The molecule has 2 atom stereocenters. The Balaban J connectivity index is 1.21. The maximum Gasteiger partial charge on any atom is 0.0701 e. The van der Waals surface area contributed by atoms with E-state index in [1.165, 1.54) is 77.8 Å². The normalized spacial score (nSPS) is 18.6. The summed E-state index contributed by atoms with van der Waals surface area (Å²) in [5.41, 5.74) is 15.7. The standard InChI is InChI=1S/C45H34N2/c1-45(2)39-22-11-9-18-33(39)36-27-38-37-26-29(24-25-42(37)46(43(38)28-40(36)45)30-14-5-3-6-15-30)32-20-13-21-35-34-19-10-12-23-41(34)47(44(32)35)31-16-7-4-8-17-31/h3-28,32,44H,1-2H3. The van der Waals surface area contributed by atoms with E-state index in [4.69, 9.17) is 0 Å². The van der Waals surface area contributed by atoms with Crippen LogP contribution >= 0.6 is 0 Å². The van der Waals surface area contributed by atoms with Crippen molar-refractivity contribution >= 4 is 38.8 Å². The van der Waals surface area contributed by atoms with Gasteiger partial charge in [0.25, 0.3) is 0 Å². The maximum atomic E-state index is 2.55. The molecule has 10 rings (SSSR count). The lowest BCUT2D eigenvalue weighted by Gasteiger charge is -2.34. The van der Waals surface area contributed by atoms with E-state index in [1.807, 2.05) is 0 Å². The highest BCUT2D eigenvalue weighted by Crippen LogP contribution is 2.53. The molecule has 6 aromatic carbocycles. The second-order valence-electron chi connectivity index (χ2n) is 13.7. The van der Waals surface area contributed by atoms with Crippen molar-refractivity contribution in [2.45, 2.75) is 31.2 Å². The molecule has 0 N–H and O–H groups in total. The molecule has 0 saturated carbocycles. The molecule has 3 aliphatic rings. The van der Waals surface area contributed by atoms with Crippen LogP contribution in [0.2, 0.25) is 0 Å². The van der Waals surface area contributed by atoms with Gasteiger partial charge < -0.3 is 9.47 Å². The Hall–Kier alpha value is -5.60. The number of benzene rings is 6. The van der Waals surface area contributed by atoms with Crippen molar-refractivity contribution < 1.29 is 0 Å². The van der Waals surface area contributed by atoms with Crippen LogP contribution in [-0.2, 0) is 5.41 Å². The molecule has 0 saturated heterocycles. The van der Waals surface area contributed by atoms with Gasteiger partial charge in [-0.15, -0.1) is 0 Å². The van der Waals surface area contributed by atoms with Crippen LogP contribution in [-0.4, -0.2) is 10.6 Å². The van der Waals surface area contributed by atoms with Gasteiger partial charge in [0.15, 0.2) is 0 Å². The number of para-hydroxylation sites is 3. The van der Waals surface area contributed by atoms with Crippen LogP contribution in [0, 0.1) is 0 Å². The maximum absolute atomic E-state index is 2.55. The van der Waals surface area contributed by atoms with E-state index in [9.17, 15) is 0 Å². The number of aromatic nitrogens is 1. The summed E-state index contributed by atoms with van der Waals surface area (Å²) in [7, 11) is 0. The first kappa shape index (κ1) is 26.6. The predicted octanol–water partition coefficient (Wildman–Crippen LogP) is 11.3. The first-order chi connectivity index (χ1) is 23.1. The van der Waals surface area contributed by atoms with Gasteiger partial charge in [0.2, 0.25) is 0 Å². The van der Waals surface area contributed by atoms with Gasteiger partial charge in [-0.05, 0) is 88.0 Å². The minimum Gasteiger partial charge on any atom is -0.332 e. The smallest absolute Gasteiger partial charge is 0.0701 e.